The van der Waals surface area contributed by atoms with Gasteiger partial charge >= 0.3 is 5.69 Å². The Labute approximate surface area is 126 Å². The summed E-state index contributed by atoms with van der Waals surface area (Å²) in [5.41, 5.74) is 5.33. The van der Waals surface area contributed by atoms with Crippen LogP contribution in [0.3, 0.4) is 0 Å². The molecule has 0 saturated carbocycles. The number of hydrogen-bond donors (Lipinski definition) is 1. The minimum atomic E-state index is -0.610. The maximum Gasteiger partial charge on any atom is 0.304 e. The second-order valence-electron chi connectivity index (χ2n) is 4.40. The van der Waals surface area contributed by atoms with E-state index in [1.54, 1.807) is 22.3 Å². The zero-order valence-electron chi connectivity index (χ0n) is 11.5. The summed E-state index contributed by atoms with van der Waals surface area (Å²) in [7, 11) is 0. The minimum absolute atomic E-state index is 0.00183. The second-order valence-corrected chi connectivity index (χ2v) is 5.43. The van der Waals surface area contributed by atoms with Crippen LogP contribution in [-0.2, 0) is 6.54 Å². The summed E-state index contributed by atoms with van der Waals surface area (Å²) in [6.07, 6.45) is 0. The molecular weight excluding hydrogens is 290 g/mol. The predicted molar refractivity (Wildman–Crippen MR) is 82.2 cm³/mol. The molecule has 110 valence electrons. The summed E-state index contributed by atoms with van der Waals surface area (Å²) in [6.45, 7) is 2.73. The first-order valence-corrected chi connectivity index (χ1v) is 7.27. The quantitative estimate of drug-likeness (QED) is 0.522. The summed E-state index contributed by atoms with van der Waals surface area (Å²) in [4.78, 5) is 25.7. The van der Waals surface area contributed by atoms with Gasteiger partial charge in [-0.15, -0.1) is 11.3 Å². The standard InChI is InChI=1S/C14H15N3O3S/c1-2-16(9-10-5-4-8-21-10)14(18)11-6-3-7-12(15)13(11)17(19)20/h3-8H,2,9,15H2,1H3. The molecule has 0 aliphatic carbocycles. The van der Waals surface area contributed by atoms with Crippen LogP contribution in [0.4, 0.5) is 11.4 Å². The first-order valence-electron chi connectivity index (χ1n) is 6.39. The molecule has 0 aliphatic heterocycles. The lowest BCUT2D eigenvalue weighted by Crippen LogP contribution is -2.30. The summed E-state index contributed by atoms with van der Waals surface area (Å²) in [5, 5.41) is 13.1. The van der Waals surface area contributed by atoms with Crippen molar-refractivity contribution in [1.82, 2.24) is 4.90 Å². The number of carbonyl (C=O) groups is 1. The Morgan fingerprint density at radius 2 is 2.14 bits per heavy atom. The van der Waals surface area contributed by atoms with Crippen LogP contribution in [0, 0.1) is 10.1 Å². The van der Waals surface area contributed by atoms with Gasteiger partial charge in [-0.05, 0) is 30.5 Å². The molecule has 7 heteroatoms. The van der Waals surface area contributed by atoms with E-state index in [2.05, 4.69) is 0 Å². The van der Waals surface area contributed by atoms with Crippen molar-refractivity contribution in [3.8, 4) is 0 Å². The van der Waals surface area contributed by atoms with E-state index in [4.69, 9.17) is 5.73 Å². The van der Waals surface area contributed by atoms with Gasteiger partial charge in [0.15, 0.2) is 0 Å². The fraction of sp³-hybridized carbons (Fsp3) is 0.214. The van der Waals surface area contributed by atoms with Crippen LogP contribution in [0.25, 0.3) is 0 Å². The summed E-state index contributed by atoms with van der Waals surface area (Å²) < 4.78 is 0. The summed E-state index contributed by atoms with van der Waals surface area (Å²) >= 11 is 1.54. The number of carbonyl (C=O) groups excluding carboxylic acids is 1. The van der Waals surface area contributed by atoms with E-state index in [0.717, 1.165) is 4.88 Å². The van der Waals surface area contributed by atoms with E-state index >= 15 is 0 Å². The molecule has 2 aromatic rings. The average molecular weight is 305 g/mol. The van der Waals surface area contributed by atoms with Gasteiger partial charge in [-0.1, -0.05) is 12.1 Å². The number of para-hydroxylation sites is 1. The monoisotopic (exact) mass is 305 g/mol. The number of nitrogens with two attached hydrogens (primary N) is 1. The Hall–Kier alpha value is -2.41. The minimum Gasteiger partial charge on any atom is -0.393 e. The fourth-order valence-electron chi connectivity index (χ4n) is 2.03. The first kappa shape index (κ1) is 15.0. The number of nitrogens with zero attached hydrogens (tertiary/aromatic N) is 2. The molecule has 2 rings (SSSR count). The number of benzene rings is 1. The number of amides is 1. The van der Waals surface area contributed by atoms with Crippen LogP contribution in [0.2, 0.25) is 0 Å². The Balaban J connectivity index is 2.34. The van der Waals surface area contributed by atoms with E-state index in [1.807, 2.05) is 24.4 Å². The van der Waals surface area contributed by atoms with Gasteiger partial charge in [-0.2, -0.15) is 0 Å². The molecule has 0 saturated heterocycles. The zero-order chi connectivity index (χ0) is 15.4. The molecule has 6 nitrogen and oxygen atoms in total. The van der Waals surface area contributed by atoms with Gasteiger partial charge in [-0.3, -0.25) is 14.9 Å². The largest absolute Gasteiger partial charge is 0.393 e. The molecule has 1 aromatic heterocycles. The van der Waals surface area contributed by atoms with Gasteiger partial charge in [0.1, 0.15) is 11.3 Å². The van der Waals surface area contributed by atoms with Crippen molar-refractivity contribution < 1.29 is 9.72 Å². The maximum absolute atomic E-state index is 12.6. The van der Waals surface area contributed by atoms with Crippen LogP contribution >= 0.6 is 11.3 Å². The normalized spacial score (nSPS) is 10.3. The van der Waals surface area contributed by atoms with Crippen LogP contribution in [0.15, 0.2) is 35.7 Å². The summed E-state index contributed by atoms with van der Waals surface area (Å²) in [6, 6.07) is 8.24. The summed E-state index contributed by atoms with van der Waals surface area (Å²) in [5.74, 6) is -0.384. The third-order valence-corrected chi connectivity index (χ3v) is 3.94. The van der Waals surface area contributed by atoms with Gasteiger partial charge < -0.3 is 10.6 Å². The van der Waals surface area contributed by atoms with E-state index in [0.29, 0.717) is 13.1 Å². The molecule has 2 N–H and O–H groups in total. The van der Waals surface area contributed by atoms with Crippen molar-refractivity contribution >= 4 is 28.6 Å². The van der Waals surface area contributed by atoms with Gasteiger partial charge in [0.2, 0.25) is 0 Å². The van der Waals surface area contributed by atoms with Gasteiger partial charge in [0, 0.05) is 11.4 Å². The smallest absolute Gasteiger partial charge is 0.304 e. The molecule has 1 amide bonds. The molecule has 0 aliphatic rings. The number of anilines is 1. The Morgan fingerprint density at radius 1 is 1.38 bits per heavy atom. The highest BCUT2D eigenvalue weighted by molar-refractivity contribution is 7.09. The Kier molecular flexibility index (Phi) is 4.54. The van der Waals surface area contributed by atoms with Crippen molar-refractivity contribution in [3.05, 3.63) is 56.3 Å². The van der Waals surface area contributed by atoms with E-state index in [9.17, 15) is 14.9 Å². The van der Waals surface area contributed by atoms with Crippen molar-refractivity contribution in [2.75, 3.05) is 12.3 Å². The fourth-order valence-corrected chi connectivity index (χ4v) is 2.75. The number of thiophene rings is 1. The number of nitro groups is 1. The predicted octanol–water partition coefficient (Wildman–Crippen LogP) is 2.90. The molecular formula is C14H15N3O3S. The number of nitrogen functional groups attached to an aromatic ring is 1. The number of nitro benzene ring substituents is 1. The highest BCUT2D eigenvalue weighted by atomic mass is 32.1. The van der Waals surface area contributed by atoms with Crippen LogP contribution in [-0.4, -0.2) is 22.3 Å². The molecule has 21 heavy (non-hydrogen) atoms. The lowest BCUT2D eigenvalue weighted by molar-refractivity contribution is -0.384. The molecule has 0 fully saturated rings. The molecule has 0 radical (unpaired) electrons. The molecule has 0 atom stereocenters. The molecule has 1 heterocycles. The van der Waals surface area contributed by atoms with Gasteiger partial charge in [0.25, 0.3) is 5.91 Å². The van der Waals surface area contributed by atoms with E-state index < -0.39 is 4.92 Å². The van der Waals surface area contributed by atoms with Gasteiger partial charge in [0.05, 0.1) is 11.5 Å². The molecule has 1 aromatic carbocycles. The van der Waals surface area contributed by atoms with Crippen molar-refractivity contribution in [1.29, 1.82) is 0 Å². The second kappa shape index (κ2) is 6.36. The molecule has 0 unspecified atom stereocenters. The highest BCUT2D eigenvalue weighted by Crippen LogP contribution is 2.27. The topological polar surface area (TPSA) is 89.5 Å². The SMILES string of the molecule is CCN(Cc1cccs1)C(=O)c1cccc(N)c1[N+](=O)[O-]. The van der Waals surface area contributed by atoms with Crippen LogP contribution in [0.1, 0.15) is 22.2 Å². The maximum atomic E-state index is 12.6. The Morgan fingerprint density at radius 3 is 2.71 bits per heavy atom. The number of hydrogen-bond acceptors (Lipinski definition) is 5. The van der Waals surface area contributed by atoms with E-state index in [-0.39, 0.29) is 22.8 Å². The molecule has 0 spiro atoms. The van der Waals surface area contributed by atoms with Crippen molar-refractivity contribution in [2.24, 2.45) is 0 Å². The van der Waals surface area contributed by atoms with E-state index in [1.165, 1.54) is 12.1 Å². The average Bonchev–Trinajstić information content (AvgIpc) is 2.96. The number of rotatable bonds is 5. The molecule has 0 bridgehead atoms. The van der Waals surface area contributed by atoms with Crippen molar-refractivity contribution in [2.45, 2.75) is 13.5 Å². The first-order chi connectivity index (χ1) is 10.0. The Bertz CT molecular complexity index is 655. The van der Waals surface area contributed by atoms with Crippen molar-refractivity contribution in [3.63, 3.8) is 0 Å². The lowest BCUT2D eigenvalue weighted by atomic mass is 10.1. The third kappa shape index (κ3) is 3.19. The van der Waals surface area contributed by atoms with Crippen LogP contribution in [0.5, 0.6) is 0 Å². The third-order valence-electron chi connectivity index (χ3n) is 3.08. The zero-order valence-corrected chi connectivity index (χ0v) is 12.3. The highest BCUT2D eigenvalue weighted by Gasteiger charge is 2.26. The van der Waals surface area contributed by atoms with Crippen LogP contribution < -0.4 is 5.73 Å². The van der Waals surface area contributed by atoms with Gasteiger partial charge in [-0.25, -0.2) is 0 Å². The lowest BCUT2D eigenvalue weighted by Gasteiger charge is -2.20.